The Bertz CT molecular complexity index is 919. The number of sulfonamides is 1. The third kappa shape index (κ3) is 3.32. The van der Waals surface area contributed by atoms with Crippen LogP contribution in [0.4, 0.5) is 8.78 Å². The Morgan fingerprint density at radius 2 is 2.00 bits per heavy atom. The summed E-state index contributed by atoms with van der Waals surface area (Å²) in [5, 5.41) is 3.13. The minimum absolute atomic E-state index is 0.000810. The van der Waals surface area contributed by atoms with Gasteiger partial charge in [0.05, 0.1) is 18.0 Å². The molecule has 1 atom stereocenters. The summed E-state index contributed by atoms with van der Waals surface area (Å²) >= 11 is 0. The van der Waals surface area contributed by atoms with Crippen molar-refractivity contribution in [1.82, 2.24) is 9.62 Å². The molecule has 0 radical (unpaired) electrons. The number of nitrogens with zero attached hydrogens (tertiary/aromatic N) is 1. The summed E-state index contributed by atoms with van der Waals surface area (Å²) in [6, 6.07) is 7.93. The van der Waals surface area contributed by atoms with Crippen molar-refractivity contribution in [3.8, 4) is 5.75 Å². The fourth-order valence-corrected chi connectivity index (χ4v) is 5.01. The topological polar surface area (TPSA) is 58.6 Å². The van der Waals surface area contributed by atoms with E-state index in [2.05, 4.69) is 5.32 Å². The van der Waals surface area contributed by atoms with Crippen LogP contribution < -0.4 is 10.1 Å². The van der Waals surface area contributed by atoms with E-state index in [-0.39, 0.29) is 22.8 Å². The summed E-state index contributed by atoms with van der Waals surface area (Å²) in [6.07, 6.45) is 0. The van der Waals surface area contributed by atoms with Crippen LogP contribution in [-0.4, -0.2) is 39.5 Å². The highest BCUT2D eigenvalue weighted by molar-refractivity contribution is 7.89. The van der Waals surface area contributed by atoms with Gasteiger partial charge in [-0.05, 0) is 36.8 Å². The van der Waals surface area contributed by atoms with Crippen molar-refractivity contribution in [2.24, 2.45) is 0 Å². The Hall–Kier alpha value is -2.03. The van der Waals surface area contributed by atoms with Crippen LogP contribution in [0.1, 0.15) is 17.2 Å². The average Bonchev–Trinajstić information content (AvgIpc) is 2.63. The Morgan fingerprint density at radius 1 is 1.23 bits per heavy atom. The monoisotopic (exact) mass is 382 g/mol. The molecule has 0 amide bonds. The highest BCUT2D eigenvalue weighted by Gasteiger charge is 2.36. The Kier molecular flexibility index (Phi) is 5.27. The summed E-state index contributed by atoms with van der Waals surface area (Å²) in [5.74, 6) is -1.15. The van der Waals surface area contributed by atoms with Gasteiger partial charge in [-0.2, -0.15) is 4.31 Å². The lowest BCUT2D eigenvalue weighted by Gasteiger charge is -2.35. The average molecular weight is 382 g/mol. The number of rotatable bonds is 4. The second-order valence-electron chi connectivity index (χ2n) is 6.10. The molecule has 3 rings (SSSR count). The first-order chi connectivity index (χ1) is 12.4. The van der Waals surface area contributed by atoms with Crippen LogP contribution in [-0.2, 0) is 10.0 Å². The van der Waals surface area contributed by atoms with Gasteiger partial charge in [-0.1, -0.05) is 12.1 Å². The molecular formula is C18H20F2N2O3S. The standard InChI is InChI=1S/C18H20F2N2O3S/c1-12-17(7-6-16(25-2)18(12)20)26(23,24)22-9-8-21-11-15(22)13-4-3-5-14(19)10-13/h3-7,10,15,21H,8-9,11H2,1-2H3. The van der Waals surface area contributed by atoms with Gasteiger partial charge in [0.15, 0.2) is 11.6 Å². The predicted molar refractivity (Wildman–Crippen MR) is 93.6 cm³/mol. The van der Waals surface area contributed by atoms with Gasteiger partial charge >= 0.3 is 0 Å². The lowest BCUT2D eigenvalue weighted by atomic mass is 10.1. The van der Waals surface area contributed by atoms with Crippen LogP contribution in [0.25, 0.3) is 0 Å². The van der Waals surface area contributed by atoms with Gasteiger partial charge in [0, 0.05) is 25.2 Å². The lowest BCUT2D eigenvalue weighted by molar-refractivity contribution is 0.270. The number of benzene rings is 2. The summed E-state index contributed by atoms with van der Waals surface area (Å²) < 4.78 is 60.6. The number of piperazine rings is 1. The normalized spacial score (nSPS) is 18.7. The molecule has 8 heteroatoms. The van der Waals surface area contributed by atoms with E-state index in [0.717, 1.165) is 0 Å². The smallest absolute Gasteiger partial charge is 0.244 e. The molecule has 2 aromatic rings. The number of hydrogen-bond acceptors (Lipinski definition) is 4. The van der Waals surface area contributed by atoms with E-state index in [1.807, 2.05) is 0 Å². The molecule has 0 saturated carbocycles. The number of halogens is 2. The minimum Gasteiger partial charge on any atom is -0.494 e. The van der Waals surface area contributed by atoms with Crippen LogP contribution in [0.5, 0.6) is 5.75 Å². The maximum Gasteiger partial charge on any atom is 0.244 e. The van der Waals surface area contributed by atoms with Gasteiger partial charge < -0.3 is 10.1 Å². The van der Waals surface area contributed by atoms with Crippen molar-refractivity contribution in [3.63, 3.8) is 0 Å². The Balaban J connectivity index is 2.06. The molecule has 0 aliphatic carbocycles. The molecule has 0 bridgehead atoms. The molecular weight excluding hydrogens is 362 g/mol. The maximum atomic E-state index is 14.4. The molecule has 1 aliphatic rings. The van der Waals surface area contributed by atoms with Crippen molar-refractivity contribution in [3.05, 3.63) is 59.2 Å². The van der Waals surface area contributed by atoms with E-state index in [1.165, 1.54) is 42.6 Å². The zero-order valence-electron chi connectivity index (χ0n) is 14.5. The maximum absolute atomic E-state index is 14.4. The number of ether oxygens (including phenoxy) is 1. The zero-order valence-corrected chi connectivity index (χ0v) is 15.3. The third-order valence-corrected chi connectivity index (χ3v) is 6.59. The molecule has 0 spiro atoms. The van der Waals surface area contributed by atoms with Crippen molar-refractivity contribution >= 4 is 10.0 Å². The fraction of sp³-hybridized carbons (Fsp3) is 0.333. The molecule has 1 N–H and O–H groups in total. The molecule has 2 aromatic carbocycles. The van der Waals surface area contributed by atoms with Gasteiger partial charge in [0.1, 0.15) is 5.82 Å². The second kappa shape index (κ2) is 7.30. The van der Waals surface area contributed by atoms with E-state index < -0.39 is 27.7 Å². The second-order valence-corrected chi connectivity index (χ2v) is 7.95. The lowest BCUT2D eigenvalue weighted by Crippen LogP contribution is -2.48. The van der Waals surface area contributed by atoms with E-state index >= 15 is 0 Å². The van der Waals surface area contributed by atoms with E-state index in [4.69, 9.17) is 4.74 Å². The third-order valence-electron chi connectivity index (χ3n) is 4.54. The van der Waals surface area contributed by atoms with E-state index in [9.17, 15) is 17.2 Å². The van der Waals surface area contributed by atoms with Crippen molar-refractivity contribution < 1.29 is 21.9 Å². The number of methoxy groups -OCH3 is 1. The molecule has 140 valence electrons. The molecule has 1 aliphatic heterocycles. The van der Waals surface area contributed by atoms with Crippen LogP contribution >= 0.6 is 0 Å². The predicted octanol–water partition coefficient (Wildman–Crippen LogP) is 2.62. The first-order valence-electron chi connectivity index (χ1n) is 8.17. The molecule has 26 heavy (non-hydrogen) atoms. The molecule has 1 saturated heterocycles. The van der Waals surface area contributed by atoms with E-state index in [1.54, 1.807) is 12.1 Å². The summed E-state index contributed by atoms with van der Waals surface area (Å²) in [5.41, 5.74) is 0.549. The highest BCUT2D eigenvalue weighted by atomic mass is 32.2. The first-order valence-corrected chi connectivity index (χ1v) is 9.61. The van der Waals surface area contributed by atoms with Crippen LogP contribution in [0.2, 0.25) is 0 Å². The van der Waals surface area contributed by atoms with Gasteiger partial charge in [-0.15, -0.1) is 0 Å². The quantitative estimate of drug-likeness (QED) is 0.883. The Morgan fingerprint density at radius 3 is 2.69 bits per heavy atom. The van der Waals surface area contributed by atoms with Crippen molar-refractivity contribution in [2.75, 3.05) is 26.7 Å². The number of hydrogen-bond donors (Lipinski definition) is 1. The number of nitrogens with one attached hydrogen (secondary N) is 1. The molecule has 1 fully saturated rings. The summed E-state index contributed by atoms with van der Waals surface area (Å²) in [6.45, 7) is 2.42. The highest BCUT2D eigenvalue weighted by Crippen LogP contribution is 2.33. The van der Waals surface area contributed by atoms with Gasteiger partial charge in [-0.25, -0.2) is 17.2 Å². The Labute approximate surface area is 151 Å². The fourth-order valence-electron chi connectivity index (χ4n) is 3.18. The van der Waals surface area contributed by atoms with Crippen molar-refractivity contribution in [1.29, 1.82) is 0 Å². The molecule has 5 nitrogen and oxygen atoms in total. The largest absolute Gasteiger partial charge is 0.494 e. The van der Waals surface area contributed by atoms with Crippen LogP contribution in [0, 0.1) is 18.6 Å². The molecule has 1 heterocycles. The van der Waals surface area contributed by atoms with Crippen LogP contribution in [0.3, 0.4) is 0 Å². The summed E-state index contributed by atoms with van der Waals surface area (Å²) in [4.78, 5) is -0.112. The summed E-state index contributed by atoms with van der Waals surface area (Å²) in [7, 11) is -2.65. The van der Waals surface area contributed by atoms with Gasteiger partial charge in [0.25, 0.3) is 0 Å². The molecule has 1 unspecified atom stereocenters. The van der Waals surface area contributed by atoms with Gasteiger partial charge in [0.2, 0.25) is 10.0 Å². The minimum atomic E-state index is -3.98. The SMILES string of the molecule is COc1ccc(S(=O)(=O)N2CCNCC2c2cccc(F)c2)c(C)c1F. The van der Waals surface area contributed by atoms with Crippen molar-refractivity contribution in [2.45, 2.75) is 17.9 Å². The zero-order chi connectivity index (χ0) is 18.9. The van der Waals surface area contributed by atoms with Crippen LogP contribution in [0.15, 0.2) is 41.3 Å². The van der Waals surface area contributed by atoms with Gasteiger partial charge in [-0.3, -0.25) is 0 Å². The first kappa shape index (κ1) is 18.8. The van der Waals surface area contributed by atoms with E-state index in [0.29, 0.717) is 18.7 Å². The molecule has 0 aromatic heterocycles.